The molecular formula is C21H26FN3O4S. The smallest absolute Gasteiger partial charge is 0.304 e. The van der Waals surface area contributed by atoms with Gasteiger partial charge >= 0.3 is 10.2 Å². The number of carbonyl (C=O) groups is 1. The molecule has 1 aliphatic rings. The molecule has 0 spiro atoms. The molecule has 162 valence electrons. The van der Waals surface area contributed by atoms with Crippen LogP contribution in [0.1, 0.15) is 31.9 Å². The fraction of sp³-hybridized carbons (Fsp3) is 0.381. The number of benzene rings is 2. The van der Waals surface area contributed by atoms with Gasteiger partial charge in [-0.05, 0) is 32.0 Å². The number of hydrogen-bond donors (Lipinski definition) is 1. The van der Waals surface area contributed by atoms with Crippen LogP contribution in [0.15, 0.2) is 48.5 Å². The molecule has 1 atom stereocenters. The third-order valence-corrected chi connectivity index (χ3v) is 6.67. The van der Waals surface area contributed by atoms with Gasteiger partial charge in [0.1, 0.15) is 23.7 Å². The molecule has 0 fully saturated rings. The summed E-state index contributed by atoms with van der Waals surface area (Å²) in [5.41, 5.74) is 0.125. The maximum atomic E-state index is 14.4. The van der Waals surface area contributed by atoms with Gasteiger partial charge in [-0.3, -0.25) is 4.79 Å². The zero-order chi connectivity index (χ0) is 22.1. The summed E-state index contributed by atoms with van der Waals surface area (Å²) in [6.07, 6.45) is 0.510. The van der Waals surface area contributed by atoms with Crippen LogP contribution in [0, 0.1) is 5.82 Å². The number of nitrogens with zero attached hydrogens (tertiary/aromatic N) is 2. The standard InChI is InChI=1S/C21H26FN3O4S/c1-21(2)13-17(15-9-5-8-12-19(15)29-21)23-20(26)14-25(30(27,28)24(3)4)18-11-7-6-10-16(18)22/h5-12,17H,13-14H2,1-4H3,(H,23,26)/t17-/m0/s1. The molecule has 7 nitrogen and oxygen atoms in total. The molecule has 1 amide bonds. The Balaban J connectivity index is 1.88. The van der Waals surface area contributed by atoms with Crippen molar-refractivity contribution in [3.63, 3.8) is 0 Å². The summed E-state index contributed by atoms with van der Waals surface area (Å²) in [7, 11) is -1.43. The van der Waals surface area contributed by atoms with Crippen LogP contribution in [0.2, 0.25) is 0 Å². The van der Waals surface area contributed by atoms with Gasteiger partial charge in [0.2, 0.25) is 5.91 Å². The number of ether oxygens (including phenoxy) is 1. The molecule has 1 heterocycles. The van der Waals surface area contributed by atoms with Crippen molar-refractivity contribution in [2.75, 3.05) is 24.9 Å². The van der Waals surface area contributed by atoms with Crippen molar-refractivity contribution in [3.8, 4) is 5.75 Å². The minimum atomic E-state index is -4.09. The van der Waals surface area contributed by atoms with Crippen molar-refractivity contribution in [2.45, 2.75) is 31.9 Å². The summed E-state index contributed by atoms with van der Waals surface area (Å²) in [4.78, 5) is 12.9. The van der Waals surface area contributed by atoms with Gasteiger partial charge in [0, 0.05) is 26.1 Å². The Morgan fingerprint density at radius 2 is 1.80 bits per heavy atom. The van der Waals surface area contributed by atoms with Gasteiger partial charge in [0.15, 0.2) is 0 Å². The Morgan fingerprint density at radius 3 is 2.47 bits per heavy atom. The molecule has 2 aromatic carbocycles. The first-order valence-electron chi connectivity index (χ1n) is 9.53. The minimum absolute atomic E-state index is 0.186. The third kappa shape index (κ3) is 4.57. The second-order valence-corrected chi connectivity index (χ2v) is 10.0. The van der Waals surface area contributed by atoms with E-state index >= 15 is 0 Å². The molecule has 0 radical (unpaired) electrons. The molecular weight excluding hydrogens is 409 g/mol. The first kappa shape index (κ1) is 22.0. The van der Waals surface area contributed by atoms with Crippen LogP contribution in [-0.2, 0) is 15.0 Å². The molecule has 0 aliphatic carbocycles. The largest absolute Gasteiger partial charge is 0.487 e. The number of halogens is 1. The Morgan fingerprint density at radius 1 is 1.17 bits per heavy atom. The summed E-state index contributed by atoms with van der Waals surface area (Å²) >= 11 is 0. The summed E-state index contributed by atoms with van der Waals surface area (Å²) in [6, 6.07) is 12.5. The molecule has 30 heavy (non-hydrogen) atoms. The molecule has 0 unspecified atom stereocenters. The van der Waals surface area contributed by atoms with Gasteiger partial charge < -0.3 is 10.1 Å². The van der Waals surface area contributed by atoms with Crippen LogP contribution in [0.5, 0.6) is 5.75 Å². The van der Waals surface area contributed by atoms with Gasteiger partial charge in [-0.15, -0.1) is 0 Å². The number of fused-ring (bicyclic) bond motifs is 1. The van der Waals surface area contributed by atoms with Crippen LogP contribution in [-0.4, -0.2) is 44.9 Å². The average Bonchev–Trinajstić information content (AvgIpc) is 2.65. The molecule has 3 rings (SSSR count). The van der Waals surface area contributed by atoms with Crippen LogP contribution < -0.4 is 14.4 Å². The Bertz CT molecular complexity index is 1040. The van der Waals surface area contributed by atoms with Crippen LogP contribution in [0.3, 0.4) is 0 Å². The highest BCUT2D eigenvalue weighted by Gasteiger charge is 2.35. The van der Waals surface area contributed by atoms with Crippen molar-refractivity contribution >= 4 is 21.8 Å². The summed E-state index contributed by atoms with van der Waals surface area (Å²) in [5, 5.41) is 2.90. The molecule has 9 heteroatoms. The highest BCUT2D eigenvalue weighted by molar-refractivity contribution is 7.90. The van der Waals surface area contributed by atoms with Gasteiger partial charge in [-0.2, -0.15) is 12.7 Å². The van der Waals surface area contributed by atoms with E-state index in [-0.39, 0.29) is 11.7 Å². The van der Waals surface area contributed by atoms with Crippen molar-refractivity contribution in [1.82, 2.24) is 9.62 Å². The topological polar surface area (TPSA) is 79.0 Å². The fourth-order valence-electron chi connectivity index (χ4n) is 3.44. The van der Waals surface area contributed by atoms with E-state index in [4.69, 9.17) is 4.74 Å². The highest BCUT2D eigenvalue weighted by atomic mass is 32.2. The molecule has 1 N–H and O–H groups in total. The number of para-hydroxylation sites is 2. The number of amides is 1. The maximum absolute atomic E-state index is 14.4. The maximum Gasteiger partial charge on any atom is 0.304 e. The minimum Gasteiger partial charge on any atom is -0.487 e. The van der Waals surface area contributed by atoms with Gasteiger partial charge in [0.05, 0.1) is 11.7 Å². The van der Waals surface area contributed by atoms with Crippen molar-refractivity contribution < 1.29 is 22.3 Å². The van der Waals surface area contributed by atoms with Crippen molar-refractivity contribution in [3.05, 3.63) is 59.9 Å². The van der Waals surface area contributed by atoms with E-state index in [9.17, 15) is 17.6 Å². The Labute approximate surface area is 176 Å². The van der Waals surface area contributed by atoms with E-state index in [1.54, 1.807) is 0 Å². The second-order valence-electron chi connectivity index (χ2n) is 7.97. The third-order valence-electron chi connectivity index (χ3n) is 4.86. The zero-order valence-corrected chi connectivity index (χ0v) is 18.2. The summed E-state index contributed by atoms with van der Waals surface area (Å²) < 4.78 is 47.6. The van der Waals surface area contributed by atoms with Crippen LogP contribution >= 0.6 is 0 Å². The fourth-order valence-corrected chi connectivity index (χ4v) is 4.51. The number of rotatable bonds is 6. The lowest BCUT2D eigenvalue weighted by Gasteiger charge is -2.38. The van der Waals surface area contributed by atoms with E-state index in [0.29, 0.717) is 12.2 Å². The lowest BCUT2D eigenvalue weighted by atomic mass is 9.89. The lowest BCUT2D eigenvalue weighted by molar-refractivity contribution is -0.120. The van der Waals surface area contributed by atoms with E-state index in [1.807, 2.05) is 38.1 Å². The first-order chi connectivity index (χ1) is 14.0. The SMILES string of the molecule is CN(C)S(=O)(=O)N(CC(=O)N[C@H]1CC(C)(C)Oc2ccccc21)c1ccccc1F. The van der Waals surface area contributed by atoms with E-state index in [0.717, 1.165) is 20.2 Å². The number of nitrogens with one attached hydrogen (secondary N) is 1. The Hall–Kier alpha value is -2.65. The molecule has 0 saturated heterocycles. The summed E-state index contributed by atoms with van der Waals surface area (Å²) in [5.74, 6) is -0.597. The quantitative estimate of drug-likeness (QED) is 0.757. The van der Waals surface area contributed by atoms with E-state index in [1.165, 1.54) is 32.3 Å². The molecule has 0 bridgehead atoms. The van der Waals surface area contributed by atoms with Crippen molar-refractivity contribution in [2.24, 2.45) is 0 Å². The molecule has 1 aliphatic heterocycles. The number of carbonyl (C=O) groups excluding carboxylic acids is 1. The second kappa shape index (κ2) is 8.23. The van der Waals surface area contributed by atoms with E-state index in [2.05, 4.69) is 5.32 Å². The zero-order valence-electron chi connectivity index (χ0n) is 17.4. The average molecular weight is 436 g/mol. The Kier molecular flexibility index (Phi) is 6.05. The first-order valence-corrected chi connectivity index (χ1v) is 10.9. The van der Waals surface area contributed by atoms with Gasteiger partial charge in [0.25, 0.3) is 0 Å². The molecule has 2 aromatic rings. The lowest BCUT2D eigenvalue weighted by Crippen LogP contribution is -2.48. The van der Waals surface area contributed by atoms with Crippen molar-refractivity contribution in [1.29, 1.82) is 0 Å². The van der Waals surface area contributed by atoms with Gasteiger partial charge in [-0.1, -0.05) is 30.3 Å². The molecule has 0 saturated carbocycles. The normalized spacial score (nSPS) is 17.7. The predicted octanol–water partition coefficient (Wildman–Crippen LogP) is 2.86. The van der Waals surface area contributed by atoms with Gasteiger partial charge in [-0.25, -0.2) is 8.70 Å². The number of hydrogen-bond acceptors (Lipinski definition) is 4. The summed E-state index contributed by atoms with van der Waals surface area (Å²) in [6.45, 7) is 3.29. The van der Waals surface area contributed by atoms with Crippen LogP contribution in [0.25, 0.3) is 0 Å². The van der Waals surface area contributed by atoms with E-state index < -0.39 is 34.1 Å². The highest BCUT2D eigenvalue weighted by Crippen LogP contribution is 2.39. The molecule has 0 aromatic heterocycles. The predicted molar refractivity (Wildman–Crippen MR) is 113 cm³/mol. The number of anilines is 1. The van der Waals surface area contributed by atoms with Crippen LogP contribution in [0.4, 0.5) is 10.1 Å². The monoisotopic (exact) mass is 435 g/mol.